The van der Waals surface area contributed by atoms with E-state index in [-0.39, 0.29) is 0 Å². The second-order valence-electron chi connectivity index (χ2n) is 4.62. The second kappa shape index (κ2) is 5.45. The molecule has 0 bridgehead atoms. The predicted octanol–water partition coefficient (Wildman–Crippen LogP) is -0.348. The number of hydrogen-bond donors (Lipinski definition) is 1. The van der Waals surface area contributed by atoms with Crippen molar-refractivity contribution in [2.24, 2.45) is 0 Å². The molecule has 2 aromatic heterocycles. The maximum Gasteiger partial charge on any atom is 0.200 e. The minimum absolute atomic E-state index is 0.440. The van der Waals surface area contributed by atoms with E-state index >= 15 is 0 Å². The quantitative estimate of drug-likeness (QED) is 0.807. The molecular formula is C11H17N7O. The van der Waals surface area contributed by atoms with Gasteiger partial charge in [0.05, 0.1) is 13.2 Å². The largest absolute Gasteiger partial charge is 0.379 e. The fourth-order valence-electron chi connectivity index (χ4n) is 2.14. The number of morpholine rings is 1. The summed E-state index contributed by atoms with van der Waals surface area (Å²) >= 11 is 0. The minimum Gasteiger partial charge on any atom is -0.379 e. The topological polar surface area (TPSA) is 80.5 Å². The Kier molecular flexibility index (Phi) is 3.51. The number of fused-ring (bicyclic) bond motifs is 1. The molecule has 1 N–H and O–H groups in total. The van der Waals surface area contributed by atoms with E-state index in [0.717, 1.165) is 38.7 Å². The lowest BCUT2D eigenvalue weighted by atomic mass is 10.2. The maximum atomic E-state index is 5.35. The Morgan fingerprint density at radius 1 is 1.37 bits per heavy atom. The summed E-state index contributed by atoms with van der Waals surface area (Å²) in [6, 6.07) is 4.17. The van der Waals surface area contributed by atoms with Crippen molar-refractivity contribution in [3.8, 4) is 0 Å². The molecule has 1 aliphatic rings. The van der Waals surface area contributed by atoms with Crippen LogP contribution in [-0.4, -0.2) is 69.0 Å². The standard InChI is InChI=1S/C11H17N7O/c1-9(17-4-6-19-7-5-17)8-12-10-2-3-11-13-15-16-18(11)14-10/h2-3,9H,4-8H2,1H3,(H,12,14)/t9-/m1/s1. The number of aromatic nitrogens is 5. The molecule has 3 rings (SSSR count). The maximum absolute atomic E-state index is 5.35. The van der Waals surface area contributed by atoms with Crippen LogP contribution in [0.25, 0.3) is 5.65 Å². The monoisotopic (exact) mass is 263 g/mol. The van der Waals surface area contributed by atoms with E-state index in [0.29, 0.717) is 11.7 Å². The first-order valence-electron chi connectivity index (χ1n) is 6.44. The SMILES string of the molecule is C[C@H](CNc1ccc2nnnn2n1)N1CCOCC1. The van der Waals surface area contributed by atoms with Gasteiger partial charge in [0, 0.05) is 25.7 Å². The van der Waals surface area contributed by atoms with Gasteiger partial charge in [-0.05, 0) is 29.5 Å². The molecule has 0 unspecified atom stereocenters. The van der Waals surface area contributed by atoms with E-state index in [4.69, 9.17) is 4.74 Å². The van der Waals surface area contributed by atoms with Crippen molar-refractivity contribution in [1.82, 2.24) is 30.2 Å². The van der Waals surface area contributed by atoms with Gasteiger partial charge in [-0.1, -0.05) is 0 Å². The van der Waals surface area contributed by atoms with Gasteiger partial charge in [0.1, 0.15) is 5.82 Å². The third-order valence-electron chi connectivity index (χ3n) is 3.32. The number of nitrogens with one attached hydrogen (secondary N) is 1. The van der Waals surface area contributed by atoms with Gasteiger partial charge in [-0.15, -0.1) is 14.8 Å². The Bertz CT molecular complexity index is 537. The van der Waals surface area contributed by atoms with Crippen LogP contribution < -0.4 is 5.32 Å². The van der Waals surface area contributed by atoms with E-state index < -0.39 is 0 Å². The van der Waals surface area contributed by atoms with Crippen LogP contribution in [0.4, 0.5) is 5.82 Å². The number of anilines is 1. The first-order valence-corrected chi connectivity index (χ1v) is 6.44. The molecule has 0 aromatic carbocycles. The number of tetrazole rings is 1. The third-order valence-corrected chi connectivity index (χ3v) is 3.32. The van der Waals surface area contributed by atoms with Crippen LogP contribution >= 0.6 is 0 Å². The van der Waals surface area contributed by atoms with Gasteiger partial charge < -0.3 is 10.1 Å². The summed E-state index contributed by atoms with van der Waals surface area (Å²) in [6.07, 6.45) is 0. The highest BCUT2D eigenvalue weighted by Gasteiger charge is 2.16. The molecule has 8 nitrogen and oxygen atoms in total. The van der Waals surface area contributed by atoms with E-state index in [2.05, 4.69) is 37.8 Å². The molecule has 0 saturated carbocycles. The van der Waals surface area contributed by atoms with Gasteiger partial charge in [0.25, 0.3) is 0 Å². The molecule has 8 heteroatoms. The summed E-state index contributed by atoms with van der Waals surface area (Å²) < 4.78 is 6.77. The molecule has 1 aliphatic heterocycles. The van der Waals surface area contributed by atoms with Crippen LogP contribution in [0.5, 0.6) is 0 Å². The van der Waals surface area contributed by atoms with Crippen molar-refractivity contribution in [2.45, 2.75) is 13.0 Å². The molecule has 19 heavy (non-hydrogen) atoms. The van der Waals surface area contributed by atoms with Crippen LogP contribution in [-0.2, 0) is 4.74 Å². The molecule has 0 aliphatic carbocycles. The molecule has 0 amide bonds. The normalized spacial score (nSPS) is 18.6. The summed E-state index contributed by atoms with van der Waals surface area (Å²) in [4.78, 5) is 2.41. The van der Waals surface area contributed by atoms with Crippen LogP contribution in [0.3, 0.4) is 0 Å². The summed E-state index contributed by atoms with van der Waals surface area (Å²) in [6.45, 7) is 6.65. The van der Waals surface area contributed by atoms with Crippen molar-refractivity contribution in [2.75, 3.05) is 38.2 Å². The van der Waals surface area contributed by atoms with Gasteiger partial charge in [-0.2, -0.15) is 0 Å². The number of rotatable bonds is 4. The highest BCUT2D eigenvalue weighted by molar-refractivity contribution is 5.42. The molecular weight excluding hydrogens is 246 g/mol. The summed E-state index contributed by atoms with van der Waals surface area (Å²) in [7, 11) is 0. The zero-order chi connectivity index (χ0) is 13.1. The Hall–Kier alpha value is -1.80. The summed E-state index contributed by atoms with van der Waals surface area (Å²) in [5.74, 6) is 0.778. The molecule has 0 radical (unpaired) electrons. The lowest BCUT2D eigenvalue weighted by Crippen LogP contribution is -2.45. The summed E-state index contributed by atoms with van der Waals surface area (Å²) in [5.41, 5.74) is 0.645. The number of nitrogens with zero attached hydrogens (tertiary/aromatic N) is 6. The summed E-state index contributed by atoms with van der Waals surface area (Å²) in [5, 5.41) is 18.7. The van der Waals surface area contributed by atoms with Crippen molar-refractivity contribution in [1.29, 1.82) is 0 Å². The van der Waals surface area contributed by atoms with Crippen LogP contribution in [0.15, 0.2) is 12.1 Å². The molecule has 1 atom stereocenters. The number of ether oxygens (including phenoxy) is 1. The van der Waals surface area contributed by atoms with Gasteiger partial charge in [-0.25, -0.2) is 0 Å². The number of hydrogen-bond acceptors (Lipinski definition) is 7. The van der Waals surface area contributed by atoms with Crippen molar-refractivity contribution >= 4 is 11.5 Å². The Morgan fingerprint density at radius 2 is 2.21 bits per heavy atom. The fourth-order valence-corrected chi connectivity index (χ4v) is 2.14. The predicted molar refractivity (Wildman–Crippen MR) is 68.9 cm³/mol. The van der Waals surface area contributed by atoms with Gasteiger partial charge in [0.2, 0.25) is 0 Å². The smallest absolute Gasteiger partial charge is 0.200 e. The van der Waals surface area contributed by atoms with Gasteiger partial charge >= 0.3 is 0 Å². The zero-order valence-electron chi connectivity index (χ0n) is 10.9. The minimum atomic E-state index is 0.440. The van der Waals surface area contributed by atoms with Crippen LogP contribution in [0.2, 0.25) is 0 Å². The van der Waals surface area contributed by atoms with Crippen molar-refractivity contribution in [3.05, 3.63) is 12.1 Å². The van der Waals surface area contributed by atoms with Gasteiger partial charge in [0.15, 0.2) is 5.65 Å². The van der Waals surface area contributed by atoms with Crippen LogP contribution in [0.1, 0.15) is 6.92 Å². The lowest BCUT2D eigenvalue weighted by molar-refractivity contribution is 0.0227. The van der Waals surface area contributed by atoms with E-state index in [1.807, 2.05) is 12.1 Å². The van der Waals surface area contributed by atoms with Crippen LogP contribution in [0, 0.1) is 0 Å². The van der Waals surface area contributed by atoms with Crippen molar-refractivity contribution in [3.63, 3.8) is 0 Å². The average molecular weight is 263 g/mol. The Morgan fingerprint density at radius 3 is 3.05 bits per heavy atom. The Labute approximate surface area is 110 Å². The molecule has 1 saturated heterocycles. The first-order chi connectivity index (χ1) is 9.33. The third kappa shape index (κ3) is 2.79. The molecule has 1 fully saturated rings. The lowest BCUT2D eigenvalue weighted by Gasteiger charge is -2.32. The highest BCUT2D eigenvalue weighted by atomic mass is 16.5. The Balaban J connectivity index is 1.58. The van der Waals surface area contributed by atoms with E-state index in [1.54, 1.807) is 0 Å². The fraction of sp³-hybridized carbons (Fsp3) is 0.636. The van der Waals surface area contributed by atoms with E-state index in [1.165, 1.54) is 4.63 Å². The first kappa shape index (κ1) is 12.2. The average Bonchev–Trinajstić information content (AvgIpc) is 2.93. The molecule has 2 aromatic rings. The molecule has 0 spiro atoms. The molecule has 3 heterocycles. The second-order valence-corrected chi connectivity index (χ2v) is 4.62. The highest BCUT2D eigenvalue weighted by Crippen LogP contribution is 2.07. The zero-order valence-corrected chi connectivity index (χ0v) is 10.9. The molecule has 102 valence electrons. The van der Waals surface area contributed by atoms with E-state index in [9.17, 15) is 0 Å². The van der Waals surface area contributed by atoms with Gasteiger partial charge in [-0.3, -0.25) is 4.90 Å². The van der Waals surface area contributed by atoms with Crippen molar-refractivity contribution < 1.29 is 4.74 Å².